The number of urea groups is 1. The highest BCUT2D eigenvalue weighted by molar-refractivity contribution is 6.42. The van der Waals surface area contributed by atoms with Crippen molar-refractivity contribution in [3.8, 4) is 11.3 Å². The summed E-state index contributed by atoms with van der Waals surface area (Å²) in [5.74, 6) is 0.276. The van der Waals surface area contributed by atoms with Gasteiger partial charge >= 0.3 is 6.03 Å². The molecule has 0 radical (unpaired) electrons. The van der Waals surface area contributed by atoms with Crippen LogP contribution in [0.2, 0.25) is 25.1 Å². The van der Waals surface area contributed by atoms with E-state index >= 15 is 0 Å². The molecular weight excluding hydrogens is 469 g/mol. The second-order valence-corrected chi connectivity index (χ2v) is 7.63. The average Bonchev–Trinajstić information content (AvgIpc) is 2.95. The van der Waals surface area contributed by atoms with Crippen molar-refractivity contribution in [3.05, 3.63) is 61.2 Å². The quantitative estimate of drug-likeness (QED) is 0.401. The second-order valence-electron chi connectivity index (χ2n) is 5.56. The average molecular weight is 481 g/mol. The van der Waals surface area contributed by atoms with Crippen molar-refractivity contribution in [2.75, 3.05) is 10.4 Å². The zero-order valence-electron chi connectivity index (χ0n) is 14.1. The van der Waals surface area contributed by atoms with E-state index in [0.717, 1.165) is 5.01 Å². The minimum Gasteiger partial charge on any atom is -0.359 e. The summed E-state index contributed by atoms with van der Waals surface area (Å²) in [6, 6.07) is 6.98. The van der Waals surface area contributed by atoms with Crippen LogP contribution in [0.4, 0.5) is 16.2 Å². The van der Waals surface area contributed by atoms with Crippen LogP contribution >= 0.6 is 58.0 Å². The monoisotopic (exact) mass is 478 g/mol. The number of hydrogen-bond acceptors (Lipinski definition) is 4. The Morgan fingerprint density at radius 3 is 2.18 bits per heavy atom. The number of anilines is 2. The Bertz CT molecular complexity index is 1030. The van der Waals surface area contributed by atoms with Gasteiger partial charge in [0.1, 0.15) is 11.4 Å². The van der Waals surface area contributed by atoms with Gasteiger partial charge in [-0.25, -0.2) is 4.79 Å². The van der Waals surface area contributed by atoms with E-state index in [2.05, 4.69) is 10.6 Å². The number of hydrazine groups is 1. The summed E-state index contributed by atoms with van der Waals surface area (Å²) in [7, 11) is 0. The summed E-state index contributed by atoms with van der Waals surface area (Å²) in [6.07, 6.45) is 0. The van der Waals surface area contributed by atoms with Crippen molar-refractivity contribution < 1.29 is 9.32 Å². The number of primary amides is 1. The predicted molar refractivity (Wildman–Crippen MR) is 114 cm³/mol. The normalized spacial score (nSPS) is 10.8. The van der Waals surface area contributed by atoms with Crippen LogP contribution in [0, 0.1) is 6.92 Å². The SMILES string of the molecule is Cc1onc(-c2c(Cl)cccc2Cl)c1N(Nc1c(Cl)cc(Cl)cc1Cl)C(N)=O. The van der Waals surface area contributed by atoms with Crippen LogP contribution in [-0.2, 0) is 0 Å². The fraction of sp³-hybridized carbons (Fsp3) is 0.0588. The number of nitrogens with zero attached hydrogens (tertiary/aromatic N) is 2. The number of halogens is 5. The Balaban J connectivity index is 2.16. The molecule has 1 heterocycles. The number of aryl methyl sites for hydroxylation is 1. The summed E-state index contributed by atoms with van der Waals surface area (Å²) in [5, 5.41) is 6.29. The molecule has 0 atom stereocenters. The number of amides is 2. The number of carbonyl (C=O) groups is 1. The summed E-state index contributed by atoms with van der Waals surface area (Å²) in [6.45, 7) is 1.60. The van der Waals surface area contributed by atoms with Crippen molar-refractivity contribution >= 4 is 75.4 Å². The molecule has 146 valence electrons. The van der Waals surface area contributed by atoms with Crippen LogP contribution in [-0.4, -0.2) is 11.2 Å². The third-order valence-electron chi connectivity index (χ3n) is 3.71. The van der Waals surface area contributed by atoms with Gasteiger partial charge in [-0.1, -0.05) is 69.2 Å². The van der Waals surface area contributed by atoms with Gasteiger partial charge in [0, 0.05) is 10.6 Å². The molecule has 11 heteroatoms. The summed E-state index contributed by atoms with van der Waals surface area (Å²) in [5.41, 5.74) is 9.35. The van der Waals surface area contributed by atoms with E-state index in [1.807, 2.05) is 0 Å². The largest absolute Gasteiger partial charge is 0.359 e. The summed E-state index contributed by atoms with van der Waals surface area (Å²) in [4.78, 5) is 12.2. The molecule has 0 bridgehead atoms. The molecular formula is C17H11Cl5N4O2. The molecule has 0 fully saturated rings. The maximum atomic E-state index is 12.2. The highest BCUT2D eigenvalue weighted by Gasteiger charge is 2.28. The van der Waals surface area contributed by atoms with Crippen molar-refractivity contribution in [2.45, 2.75) is 6.92 Å². The zero-order chi connectivity index (χ0) is 20.6. The van der Waals surface area contributed by atoms with Crippen molar-refractivity contribution in [1.29, 1.82) is 0 Å². The van der Waals surface area contributed by atoms with Crippen LogP contribution in [0.5, 0.6) is 0 Å². The standard InChI is InChI=1S/C17H11Cl5N4O2/c1-7-16(15(25-28-7)13-9(19)3-2-4-10(13)20)26(17(23)27)24-14-11(21)5-8(18)6-12(14)22/h2-6,24H,1H3,(H2,23,27). The maximum Gasteiger partial charge on any atom is 0.338 e. The van der Waals surface area contributed by atoms with Crippen molar-refractivity contribution in [1.82, 2.24) is 5.16 Å². The maximum absolute atomic E-state index is 12.2. The zero-order valence-corrected chi connectivity index (χ0v) is 17.8. The first-order chi connectivity index (χ1) is 13.2. The molecule has 0 aliphatic heterocycles. The van der Waals surface area contributed by atoms with Crippen LogP contribution in [0.1, 0.15) is 5.76 Å². The van der Waals surface area contributed by atoms with E-state index in [1.165, 1.54) is 12.1 Å². The third kappa shape index (κ3) is 3.97. The van der Waals surface area contributed by atoms with E-state index in [0.29, 0.717) is 20.6 Å². The molecule has 0 spiro atoms. The second kappa shape index (κ2) is 8.27. The van der Waals surface area contributed by atoms with Gasteiger partial charge in [-0.3, -0.25) is 5.43 Å². The molecule has 2 amide bonds. The lowest BCUT2D eigenvalue weighted by Crippen LogP contribution is -2.41. The van der Waals surface area contributed by atoms with Gasteiger partial charge in [0.05, 0.1) is 25.8 Å². The Hall–Kier alpha value is -1.83. The fourth-order valence-electron chi connectivity index (χ4n) is 2.50. The number of rotatable bonds is 4. The number of carbonyl (C=O) groups excluding carboxylic acids is 1. The molecule has 6 nitrogen and oxygen atoms in total. The molecule has 28 heavy (non-hydrogen) atoms. The van der Waals surface area contributed by atoms with Crippen LogP contribution in [0.25, 0.3) is 11.3 Å². The lowest BCUT2D eigenvalue weighted by molar-refractivity contribution is 0.255. The van der Waals surface area contributed by atoms with Gasteiger partial charge < -0.3 is 10.3 Å². The number of benzene rings is 2. The number of nitrogens with one attached hydrogen (secondary N) is 1. The van der Waals surface area contributed by atoms with Gasteiger partial charge in [-0.15, -0.1) is 0 Å². The molecule has 3 N–H and O–H groups in total. The Morgan fingerprint density at radius 1 is 1.07 bits per heavy atom. The van der Waals surface area contributed by atoms with Crippen molar-refractivity contribution in [3.63, 3.8) is 0 Å². The van der Waals surface area contributed by atoms with Crippen LogP contribution < -0.4 is 16.2 Å². The Kier molecular flexibility index (Phi) is 6.17. The first-order valence-corrected chi connectivity index (χ1v) is 9.51. The Labute approximate surface area is 185 Å². The minimum absolute atomic E-state index is 0.176. The molecule has 1 aromatic heterocycles. The molecule has 0 unspecified atom stereocenters. The summed E-state index contributed by atoms with van der Waals surface area (Å²) < 4.78 is 5.26. The molecule has 3 aromatic rings. The first kappa shape index (κ1) is 20.9. The number of hydrogen-bond donors (Lipinski definition) is 2. The number of aromatic nitrogens is 1. The number of nitrogens with two attached hydrogens (primary N) is 1. The predicted octanol–water partition coefficient (Wildman–Crippen LogP) is 6.83. The molecule has 0 aliphatic carbocycles. The highest BCUT2D eigenvalue weighted by atomic mass is 35.5. The van der Waals surface area contributed by atoms with Crippen LogP contribution in [0.3, 0.4) is 0 Å². The van der Waals surface area contributed by atoms with Gasteiger partial charge in [-0.2, -0.15) is 5.01 Å². The van der Waals surface area contributed by atoms with Crippen LogP contribution in [0.15, 0.2) is 34.9 Å². The van der Waals surface area contributed by atoms with Gasteiger partial charge in [0.2, 0.25) is 0 Å². The minimum atomic E-state index is -0.877. The van der Waals surface area contributed by atoms with E-state index < -0.39 is 6.03 Å². The van der Waals surface area contributed by atoms with Gasteiger partial charge in [0.25, 0.3) is 0 Å². The molecule has 0 aliphatic rings. The third-order valence-corrected chi connectivity index (χ3v) is 5.15. The van der Waals surface area contributed by atoms with E-state index in [4.69, 9.17) is 68.3 Å². The summed E-state index contributed by atoms with van der Waals surface area (Å²) >= 11 is 30.9. The fourth-order valence-corrected chi connectivity index (χ4v) is 3.98. The van der Waals surface area contributed by atoms with Gasteiger partial charge in [0.15, 0.2) is 5.76 Å². The van der Waals surface area contributed by atoms with E-state index in [1.54, 1.807) is 25.1 Å². The molecule has 2 aromatic carbocycles. The molecule has 0 saturated carbocycles. The van der Waals surface area contributed by atoms with Crippen molar-refractivity contribution in [2.24, 2.45) is 5.73 Å². The topological polar surface area (TPSA) is 84.4 Å². The highest BCUT2D eigenvalue weighted by Crippen LogP contribution is 2.42. The Morgan fingerprint density at radius 2 is 1.64 bits per heavy atom. The lowest BCUT2D eigenvalue weighted by Gasteiger charge is -2.24. The van der Waals surface area contributed by atoms with E-state index in [-0.39, 0.29) is 32.9 Å². The smallest absolute Gasteiger partial charge is 0.338 e. The molecule has 3 rings (SSSR count). The lowest BCUT2D eigenvalue weighted by atomic mass is 10.1. The van der Waals surface area contributed by atoms with E-state index in [9.17, 15) is 4.79 Å². The van der Waals surface area contributed by atoms with Gasteiger partial charge in [-0.05, 0) is 31.2 Å². The molecule has 0 saturated heterocycles. The first-order valence-electron chi connectivity index (χ1n) is 7.62.